The first-order chi connectivity index (χ1) is 29.7. The number of aromatic hydroxyl groups is 1. The molecule has 6 N–H and O–H groups in total. The summed E-state index contributed by atoms with van der Waals surface area (Å²) in [6.45, 7) is 8.09. The van der Waals surface area contributed by atoms with Crippen molar-refractivity contribution in [3.05, 3.63) is 90.7 Å². The summed E-state index contributed by atoms with van der Waals surface area (Å²) in [4.78, 5) is 64.5. The van der Waals surface area contributed by atoms with Crippen LogP contribution in [0.1, 0.15) is 57.6 Å². The van der Waals surface area contributed by atoms with E-state index in [-0.39, 0.29) is 30.2 Å². The normalized spacial score (nSPS) is 13.2. The van der Waals surface area contributed by atoms with Gasteiger partial charge in [-0.25, -0.2) is 14.8 Å². The number of thiophene rings is 1. The fourth-order valence-corrected chi connectivity index (χ4v) is 7.61. The van der Waals surface area contributed by atoms with Crippen LogP contribution in [0.25, 0.3) is 43.9 Å². The van der Waals surface area contributed by atoms with Gasteiger partial charge < -0.3 is 50.0 Å². The Bertz CT molecular complexity index is 2190. The van der Waals surface area contributed by atoms with Gasteiger partial charge in [0.15, 0.2) is 0 Å². The van der Waals surface area contributed by atoms with Crippen LogP contribution in [0.5, 0.6) is 5.75 Å². The van der Waals surface area contributed by atoms with Gasteiger partial charge in [0.1, 0.15) is 18.3 Å². The number of H-pyrrole nitrogens is 3. The van der Waals surface area contributed by atoms with Crippen LogP contribution in [0.4, 0.5) is 4.79 Å². The first kappa shape index (κ1) is 47.2. The molecule has 17 heteroatoms. The molecule has 2 saturated heterocycles. The summed E-state index contributed by atoms with van der Waals surface area (Å²) < 4.78 is 9.34. The number of likely N-dealkylation sites (N-methyl/N-ethyl adjacent to an activating group) is 1. The number of alkyl carbamates (subject to hydrolysis) is 1. The number of nitrogens with one attached hydrogen (secondary N) is 5. The van der Waals surface area contributed by atoms with Crippen molar-refractivity contribution in [2.75, 3.05) is 54.0 Å². The van der Waals surface area contributed by atoms with Crippen LogP contribution in [-0.4, -0.2) is 118 Å². The summed E-state index contributed by atoms with van der Waals surface area (Å²) in [5.74, 6) is 0.401. The summed E-state index contributed by atoms with van der Waals surface area (Å²) in [7, 11) is 4.42. The average molecular weight is 856 g/mol. The number of nitrogens with zero attached hydrogens (tertiary/aromatic N) is 4. The van der Waals surface area contributed by atoms with E-state index in [4.69, 9.17) is 4.79 Å². The number of hydrogen-bond acceptors (Lipinski definition) is 11. The van der Waals surface area contributed by atoms with Crippen LogP contribution < -0.4 is 10.6 Å². The molecule has 1 unspecified atom stereocenters. The summed E-state index contributed by atoms with van der Waals surface area (Å²) in [5, 5.41) is 18.1. The molecular weight excluding hydrogens is 799 g/mol. The Kier molecular flexibility index (Phi) is 19.5. The maximum absolute atomic E-state index is 12.2. The standard InChI is InChI=1S/C18H13N5OS.C13H18N2O.C8H14N2O3.C3H8.C2H4O2/c24-16-3-10(14-5-19-8-22-14)1-2-11(16)13-7-25-18-12(4-21-17(13)18)15-6-20-9-23-15;1-14-12(11-7-3-2-4-8-11)13(16)15-9-5-6-10-15;1-13-8(12)9-6-7(11)10-4-2-3-5-10;1-3-2;1-4-2-3/h1-9,21,24H,(H,19,22)(H,20,23);2-4,7-8,12,14H,5-6,9-10H2,1H3;2-6H2,1H3,(H,9,12);3H2,1-2H3;2H,1H3. The van der Waals surface area contributed by atoms with Crippen LogP contribution in [-0.2, 0) is 23.9 Å². The Morgan fingerprint density at radius 2 is 1.48 bits per heavy atom. The van der Waals surface area contributed by atoms with E-state index >= 15 is 0 Å². The van der Waals surface area contributed by atoms with Crippen LogP contribution >= 0.6 is 11.3 Å². The predicted molar refractivity (Wildman–Crippen MR) is 238 cm³/mol. The molecule has 326 valence electrons. The molecular formula is C44H57N9O7S. The van der Waals surface area contributed by atoms with E-state index in [1.54, 1.807) is 47.4 Å². The van der Waals surface area contributed by atoms with E-state index in [1.807, 2.05) is 60.6 Å². The molecule has 0 aliphatic carbocycles. The van der Waals surface area contributed by atoms with Crippen molar-refractivity contribution in [3.8, 4) is 39.4 Å². The number of aromatic nitrogens is 5. The molecule has 2 fully saturated rings. The number of aromatic amines is 3. The smallest absolute Gasteiger partial charge is 0.407 e. The van der Waals surface area contributed by atoms with E-state index in [2.05, 4.69) is 64.3 Å². The number of imidazole rings is 2. The summed E-state index contributed by atoms with van der Waals surface area (Å²) >= 11 is 1.64. The number of carbonyl (C=O) groups excluding carboxylic acids is 4. The summed E-state index contributed by atoms with van der Waals surface area (Å²) in [6.07, 6.45) is 13.9. The van der Waals surface area contributed by atoms with E-state index in [0.717, 1.165) is 101 Å². The van der Waals surface area contributed by atoms with Gasteiger partial charge in [0, 0.05) is 60.0 Å². The lowest BCUT2D eigenvalue weighted by Crippen LogP contribution is -2.38. The third-order valence-corrected chi connectivity index (χ3v) is 10.5. The van der Waals surface area contributed by atoms with Gasteiger partial charge in [0.05, 0.1) is 60.9 Å². The van der Waals surface area contributed by atoms with Gasteiger partial charge >= 0.3 is 6.09 Å². The third kappa shape index (κ3) is 13.5. The second kappa shape index (κ2) is 25.2. The average Bonchev–Trinajstić information content (AvgIpc) is 4.14. The maximum atomic E-state index is 12.2. The fraction of sp³-hybridized carbons (Fsp3) is 0.364. The minimum atomic E-state index is -0.562. The highest BCUT2D eigenvalue weighted by atomic mass is 32.1. The SMILES string of the molecule is CCC.CNC(C(=O)N1CCCC1)c1ccccc1.COC(=O)NCC(=O)N1CCCC1.COC=O.Oc1cc(-c2cnc[nH]2)ccc1-c1csc2c(-c3cnc[nH]3)c[nH]c12. The number of phenolic OH excluding ortho intramolecular Hbond substituents is 1. The number of ether oxygens (including phenoxy) is 2. The second-order valence-electron chi connectivity index (χ2n) is 13.9. The Balaban J connectivity index is 0.000000197. The highest BCUT2D eigenvalue weighted by Crippen LogP contribution is 2.42. The molecule has 61 heavy (non-hydrogen) atoms. The van der Waals surface area contributed by atoms with Crippen molar-refractivity contribution in [2.24, 2.45) is 0 Å². The van der Waals surface area contributed by atoms with Crippen LogP contribution in [0.2, 0.25) is 0 Å². The first-order valence-electron chi connectivity index (χ1n) is 20.2. The van der Waals surface area contributed by atoms with E-state index < -0.39 is 6.09 Å². The minimum absolute atomic E-state index is 0.0344. The molecule has 0 radical (unpaired) electrons. The number of amides is 3. The molecule has 2 aliphatic rings. The Morgan fingerprint density at radius 1 is 0.869 bits per heavy atom. The quantitative estimate of drug-likeness (QED) is 0.0811. The number of likely N-dealkylation sites (tertiary alicyclic amines) is 2. The highest BCUT2D eigenvalue weighted by Gasteiger charge is 2.26. The van der Waals surface area contributed by atoms with Gasteiger partial charge in [-0.05, 0) is 50.4 Å². The van der Waals surface area contributed by atoms with Crippen LogP contribution in [0, 0.1) is 0 Å². The number of carbonyl (C=O) groups is 4. The lowest BCUT2D eigenvalue weighted by Gasteiger charge is -2.23. The molecule has 6 heterocycles. The second-order valence-corrected chi connectivity index (χ2v) is 14.7. The Labute approximate surface area is 360 Å². The molecule has 2 aliphatic heterocycles. The van der Waals surface area contributed by atoms with Gasteiger partial charge in [0.2, 0.25) is 11.8 Å². The van der Waals surface area contributed by atoms with E-state index in [1.165, 1.54) is 20.6 Å². The highest BCUT2D eigenvalue weighted by molar-refractivity contribution is 7.18. The molecule has 1 atom stereocenters. The number of benzene rings is 2. The van der Waals surface area contributed by atoms with Crippen molar-refractivity contribution in [1.29, 1.82) is 0 Å². The van der Waals surface area contributed by atoms with Gasteiger partial charge in [-0.15, -0.1) is 11.3 Å². The molecule has 6 aromatic rings. The van der Waals surface area contributed by atoms with Crippen LogP contribution in [0.15, 0.2) is 85.2 Å². The molecule has 2 aromatic carbocycles. The van der Waals surface area contributed by atoms with Crippen molar-refractivity contribution >= 4 is 45.9 Å². The first-order valence-corrected chi connectivity index (χ1v) is 21.0. The molecule has 3 amide bonds. The molecule has 0 saturated carbocycles. The van der Waals surface area contributed by atoms with E-state index in [0.29, 0.717) is 6.47 Å². The molecule has 16 nitrogen and oxygen atoms in total. The van der Waals surface area contributed by atoms with Crippen LogP contribution in [0.3, 0.4) is 0 Å². The predicted octanol–water partition coefficient (Wildman–Crippen LogP) is 7.12. The summed E-state index contributed by atoms with van der Waals surface area (Å²) in [5.41, 5.74) is 7.66. The number of fused-ring (bicyclic) bond motifs is 1. The molecule has 0 bridgehead atoms. The van der Waals surface area contributed by atoms with Crippen molar-refractivity contribution in [3.63, 3.8) is 0 Å². The Morgan fingerprint density at radius 3 is 2.02 bits per heavy atom. The lowest BCUT2D eigenvalue weighted by molar-refractivity contribution is -0.132. The van der Waals surface area contributed by atoms with Crippen molar-refractivity contribution in [1.82, 2.24) is 45.4 Å². The zero-order chi connectivity index (χ0) is 44.0. The van der Waals surface area contributed by atoms with E-state index in [9.17, 15) is 19.5 Å². The monoisotopic (exact) mass is 855 g/mol. The van der Waals surface area contributed by atoms with Crippen molar-refractivity contribution in [2.45, 2.75) is 52.0 Å². The number of methoxy groups -OCH3 is 2. The van der Waals surface area contributed by atoms with Gasteiger partial charge in [-0.1, -0.05) is 56.7 Å². The number of rotatable bonds is 9. The number of hydrogen-bond donors (Lipinski definition) is 6. The minimum Gasteiger partial charge on any atom is -0.507 e. The van der Waals surface area contributed by atoms with Gasteiger partial charge in [0.25, 0.3) is 6.47 Å². The van der Waals surface area contributed by atoms with Gasteiger partial charge in [-0.3, -0.25) is 14.4 Å². The topological polar surface area (TPSA) is 211 Å². The zero-order valence-corrected chi connectivity index (χ0v) is 36.2. The summed E-state index contributed by atoms with van der Waals surface area (Å²) in [6, 6.07) is 15.4. The Hall–Kier alpha value is -6.46. The fourth-order valence-electron chi connectivity index (χ4n) is 6.55. The zero-order valence-electron chi connectivity index (χ0n) is 35.4. The molecule has 4 aromatic heterocycles. The van der Waals surface area contributed by atoms with Crippen molar-refractivity contribution < 1.29 is 33.8 Å². The molecule has 0 spiro atoms. The third-order valence-electron chi connectivity index (χ3n) is 9.49. The maximum Gasteiger partial charge on any atom is 0.407 e. The lowest BCUT2D eigenvalue weighted by atomic mass is 10.0. The number of phenols is 1. The largest absolute Gasteiger partial charge is 0.507 e. The van der Waals surface area contributed by atoms with Gasteiger partial charge in [-0.2, -0.15) is 0 Å². The molecule has 8 rings (SSSR count).